The molecule has 0 heterocycles. The van der Waals surface area contributed by atoms with Gasteiger partial charge in [0.25, 0.3) is 0 Å². The molecule has 0 aromatic heterocycles. The summed E-state index contributed by atoms with van der Waals surface area (Å²) in [6, 6.07) is 20.9. The van der Waals surface area contributed by atoms with E-state index in [-0.39, 0.29) is 23.2 Å². The van der Waals surface area contributed by atoms with Gasteiger partial charge in [0.2, 0.25) is 0 Å². The van der Waals surface area contributed by atoms with Gasteiger partial charge in [0.05, 0.1) is 19.3 Å². The van der Waals surface area contributed by atoms with Gasteiger partial charge in [-0.3, -0.25) is 0 Å². The fraction of sp³-hybridized carbons (Fsp3) is 0.516. The van der Waals surface area contributed by atoms with Gasteiger partial charge in [-0.15, -0.1) is 0 Å². The zero-order valence-electron chi connectivity index (χ0n) is 23.2. The second kappa shape index (κ2) is 15.1. The lowest BCUT2D eigenvalue weighted by Gasteiger charge is -2.39. The summed E-state index contributed by atoms with van der Waals surface area (Å²) in [5, 5.41) is 0.168. The second-order valence-electron chi connectivity index (χ2n) is 10.9. The fourth-order valence-electron chi connectivity index (χ4n) is 3.81. The van der Waals surface area contributed by atoms with Gasteiger partial charge < -0.3 is 13.9 Å². The predicted molar refractivity (Wildman–Crippen MR) is 151 cm³/mol. The highest BCUT2D eigenvalue weighted by Gasteiger charge is 2.39. The Hall–Kier alpha value is -2.21. The molecule has 0 aliphatic heterocycles. The monoisotopic (exact) mass is 510 g/mol. The van der Waals surface area contributed by atoms with Crippen molar-refractivity contribution in [2.24, 2.45) is 0 Å². The minimum Gasteiger partial charge on any atom is -0.463 e. The Bertz CT molecular complexity index is 903. The summed E-state index contributed by atoms with van der Waals surface area (Å²) in [7, 11) is -1.89. The molecule has 2 aromatic rings. The maximum Gasteiger partial charge on any atom is 0.330 e. The smallest absolute Gasteiger partial charge is 0.330 e. The molecule has 0 fully saturated rings. The van der Waals surface area contributed by atoms with E-state index in [1.54, 1.807) is 0 Å². The van der Waals surface area contributed by atoms with E-state index in [4.69, 9.17) is 13.9 Å². The van der Waals surface area contributed by atoms with Crippen LogP contribution in [-0.2, 0) is 31.7 Å². The number of carbonyl (C=O) groups excluding carboxylic acids is 1. The molecule has 0 amide bonds. The lowest BCUT2D eigenvalue weighted by atomic mass is 10.0. The van der Waals surface area contributed by atoms with Gasteiger partial charge in [-0.25, -0.2) is 4.79 Å². The summed E-state index contributed by atoms with van der Waals surface area (Å²) >= 11 is 0. The van der Waals surface area contributed by atoms with Gasteiger partial charge in [0.15, 0.2) is 8.32 Å². The zero-order chi connectivity index (χ0) is 26.4. The summed E-state index contributed by atoms with van der Waals surface area (Å²) in [4.78, 5) is 11.7. The van der Waals surface area contributed by atoms with Gasteiger partial charge in [-0.05, 0) is 68.3 Å². The third-order valence-corrected chi connectivity index (χ3v) is 11.4. The molecule has 0 spiro atoms. The number of benzene rings is 2. The van der Waals surface area contributed by atoms with Crippen LogP contribution in [0.15, 0.2) is 72.8 Å². The van der Waals surface area contributed by atoms with E-state index in [1.165, 1.54) is 11.6 Å². The number of esters is 1. The van der Waals surface area contributed by atoms with Crippen LogP contribution in [0.3, 0.4) is 0 Å². The van der Waals surface area contributed by atoms with Crippen molar-refractivity contribution in [3.63, 3.8) is 0 Å². The number of rotatable bonds is 15. The average Bonchev–Trinajstić information content (AvgIpc) is 2.82. The highest BCUT2D eigenvalue weighted by molar-refractivity contribution is 6.74. The molecule has 0 bridgehead atoms. The van der Waals surface area contributed by atoms with Crippen molar-refractivity contribution in [2.45, 2.75) is 96.7 Å². The number of hydrogen-bond acceptors (Lipinski definition) is 4. The van der Waals surface area contributed by atoms with Gasteiger partial charge in [-0.2, -0.15) is 0 Å². The Morgan fingerprint density at radius 2 is 1.50 bits per heavy atom. The van der Waals surface area contributed by atoms with Crippen LogP contribution in [0.4, 0.5) is 0 Å². The Morgan fingerprint density at radius 1 is 0.917 bits per heavy atom. The maximum absolute atomic E-state index is 11.7. The largest absolute Gasteiger partial charge is 0.463 e. The Morgan fingerprint density at radius 3 is 2.08 bits per heavy atom. The molecule has 0 N–H and O–H groups in total. The van der Waals surface area contributed by atoms with Crippen molar-refractivity contribution in [3.8, 4) is 0 Å². The van der Waals surface area contributed by atoms with Crippen molar-refractivity contribution in [2.75, 3.05) is 6.61 Å². The lowest BCUT2D eigenvalue weighted by Crippen LogP contribution is -2.44. The quantitative estimate of drug-likeness (QED) is 0.139. The summed E-state index contributed by atoms with van der Waals surface area (Å²) in [5.41, 5.74) is 2.47. The van der Waals surface area contributed by atoms with Gasteiger partial charge >= 0.3 is 5.97 Å². The molecule has 0 saturated carbocycles. The van der Waals surface area contributed by atoms with E-state index in [9.17, 15) is 4.79 Å². The van der Waals surface area contributed by atoms with Crippen LogP contribution in [0.1, 0.15) is 64.5 Å². The molecule has 2 aromatic carbocycles. The molecule has 36 heavy (non-hydrogen) atoms. The molecule has 0 unspecified atom stereocenters. The third kappa shape index (κ3) is 11.2. The molecule has 5 heteroatoms. The van der Waals surface area contributed by atoms with E-state index in [2.05, 4.69) is 76.3 Å². The molecule has 2 rings (SSSR count). The molecule has 0 saturated heterocycles. The van der Waals surface area contributed by atoms with Gasteiger partial charge in [0, 0.05) is 12.2 Å². The second-order valence-corrected chi connectivity index (χ2v) is 15.7. The Labute approximate surface area is 220 Å². The van der Waals surface area contributed by atoms with Crippen LogP contribution >= 0.6 is 0 Å². The topological polar surface area (TPSA) is 44.8 Å². The van der Waals surface area contributed by atoms with Crippen LogP contribution < -0.4 is 0 Å². The first-order chi connectivity index (χ1) is 17.1. The van der Waals surface area contributed by atoms with Crippen molar-refractivity contribution in [1.82, 2.24) is 0 Å². The first kappa shape index (κ1) is 30.0. The summed E-state index contributed by atoms with van der Waals surface area (Å²) < 4.78 is 18.2. The summed E-state index contributed by atoms with van der Waals surface area (Å²) in [6.07, 6.45) is 8.09. The molecule has 2 atom stereocenters. The third-order valence-electron chi connectivity index (χ3n) is 6.89. The van der Waals surface area contributed by atoms with Gasteiger partial charge in [0.1, 0.15) is 0 Å². The summed E-state index contributed by atoms with van der Waals surface area (Å²) in [5.74, 6) is -0.301. The van der Waals surface area contributed by atoms with E-state index in [0.717, 1.165) is 31.2 Å². The van der Waals surface area contributed by atoms with Crippen molar-refractivity contribution in [3.05, 3.63) is 83.9 Å². The van der Waals surface area contributed by atoms with Crippen LogP contribution in [0.5, 0.6) is 0 Å². The molecule has 4 nitrogen and oxygen atoms in total. The van der Waals surface area contributed by atoms with Crippen molar-refractivity contribution < 1.29 is 18.7 Å². The SMILES string of the molecule is CCOC(=O)/C=C\C[C@H](CCC[C@H](Cc1ccccc1)O[Si](C)(C)C(C)(C)C)OCc1ccccc1. The zero-order valence-corrected chi connectivity index (χ0v) is 24.2. The van der Waals surface area contributed by atoms with Gasteiger partial charge in [-0.1, -0.05) is 87.5 Å². The Balaban J connectivity index is 2.03. The fourth-order valence-corrected chi connectivity index (χ4v) is 5.20. The minimum atomic E-state index is -1.89. The highest BCUT2D eigenvalue weighted by atomic mass is 28.4. The van der Waals surface area contributed by atoms with E-state index in [1.807, 2.05) is 31.2 Å². The average molecular weight is 511 g/mol. The predicted octanol–water partition coefficient (Wildman–Crippen LogP) is 7.88. The van der Waals surface area contributed by atoms with Crippen molar-refractivity contribution in [1.29, 1.82) is 0 Å². The molecule has 0 aliphatic carbocycles. The standard InChI is InChI=1S/C31H46O4Si/c1-7-33-30(32)23-15-21-28(34-25-27-18-12-9-13-19-27)20-14-22-29(24-26-16-10-8-11-17-26)35-36(5,6)31(2,3)4/h8-13,15-19,23,28-29H,7,14,20-22,24-25H2,1-6H3/b23-15-/t28-,29+/m0/s1. The molecule has 0 radical (unpaired) electrons. The minimum absolute atomic E-state index is 0.0288. The van der Waals surface area contributed by atoms with Crippen molar-refractivity contribution >= 4 is 14.3 Å². The van der Waals surface area contributed by atoms with E-state index < -0.39 is 8.32 Å². The van der Waals surface area contributed by atoms with Crippen LogP contribution in [-0.4, -0.2) is 33.1 Å². The summed E-state index contributed by atoms with van der Waals surface area (Å²) in [6.45, 7) is 14.3. The lowest BCUT2D eigenvalue weighted by molar-refractivity contribution is -0.137. The van der Waals surface area contributed by atoms with Crippen LogP contribution in [0, 0.1) is 0 Å². The molecular weight excluding hydrogens is 464 g/mol. The van der Waals surface area contributed by atoms with E-state index in [0.29, 0.717) is 19.6 Å². The first-order valence-electron chi connectivity index (χ1n) is 13.3. The van der Waals surface area contributed by atoms with E-state index >= 15 is 0 Å². The van der Waals surface area contributed by atoms with Crippen LogP contribution in [0.25, 0.3) is 0 Å². The first-order valence-corrected chi connectivity index (χ1v) is 16.2. The Kier molecular flexibility index (Phi) is 12.6. The number of hydrogen-bond donors (Lipinski definition) is 0. The molecular formula is C31H46O4Si. The van der Waals surface area contributed by atoms with Crippen LogP contribution in [0.2, 0.25) is 18.1 Å². The molecule has 0 aliphatic rings. The molecule has 198 valence electrons. The maximum atomic E-state index is 11.7. The normalized spacial score (nSPS) is 14.1. The number of carbonyl (C=O) groups is 1. The highest BCUT2D eigenvalue weighted by Crippen LogP contribution is 2.38. The number of ether oxygens (including phenoxy) is 2.